The summed E-state index contributed by atoms with van der Waals surface area (Å²) in [5, 5.41) is 2.97. The van der Waals surface area contributed by atoms with Crippen LogP contribution in [0.5, 0.6) is 11.5 Å². The van der Waals surface area contributed by atoms with Crippen molar-refractivity contribution < 1.29 is 18.7 Å². The maximum absolute atomic E-state index is 12.6. The average Bonchev–Trinajstić information content (AvgIpc) is 3.08. The van der Waals surface area contributed by atoms with Gasteiger partial charge in [-0.05, 0) is 30.7 Å². The standard InChI is InChI=1S/C18H19N3O4S/c1-4-15(26-18-21-16-13(25-18)6-5-9-19-16)17(22)20-11-7-8-12(23-2)14(10-11)24-3/h5-10,15H,4H2,1-3H3,(H,20,22)/t15-/m0/s1. The van der Waals surface area contributed by atoms with E-state index in [4.69, 9.17) is 13.9 Å². The number of hydrogen-bond acceptors (Lipinski definition) is 7. The van der Waals surface area contributed by atoms with E-state index in [1.165, 1.54) is 11.8 Å². The summed E-state index contributed by atoms with van der Waals surface area (Å²) in [6.45, 7) is 1.94. The van der Waals surface area contributed by atoms with Gasteiger partial charge in [-0.3, -0.25) is 4.79 Å². The number of amides is 1. The van der Waals surface area contributed by atoms with Gasteiger partial charge in [0.05, 0.1) is 19.5 Å². The molecule has 1 amide bonds. The first kappa shape index (κ1) is 18.1. The minimum Gasteiger partial charge on any atom is -0.493 e. The molecular formula is C18H19N3O4S. The van der Waals surface area contributed by atoms with Crippen LogP contribution in [-0.4, -0.2) is 35.3 Å². The van der Waals surface area contributed by atoms with E-state index in [1.807, 2.05) is 6.92 Å². The number of carbonyl (C=O) groups is 1. The molecule has 8 heteroatoms. The van der Waals surface area contributed by atoms with Crippen molar-refractivity contribution in [3.8, 4) is 11.5 Å². The summed E-state index contributed by atoms with van der Waals surface area (Å²) in [4.78, 5) is 21.1. The number of anilines is 1. The molecule has 3 rings (SSSR count). The fourth-order valence-electron chi connectivity index (χ4n) is 2.38. The van der Waals surface area contributed by atoms with E-state index in [0.717, 1.165) is 0 Å². The van der Waals surface area contributed by atoms with Crippen molar-refractivity contribution in [1.82, 2.24) is 9.97 Å². The second kappa shape index (κ2) is 8.09. The number of nitrogens with zero attached hydrogens (tertiary/aromatic N) is 2. The molecule has 0 saturated carbocycles. The molecule has 2 aromatic heterocycles. The molecule has 0 aliphatic rings. The van der Waals surface area contributed by atoms with E-state index in [-0.39, 0.29) is 11.2 Å². The first-order valence-electron chi connectivity index (χ1n) is 8.05. The molecule has 0 spiro atoms. The van der Waals surface area contributed by atoms with Gasteiger partial charge in [-0.25, -0.2) is 4.98 Å². The molecule has 3 aromatic rings. The van der Waals surface area contributed by atoms with Crippen molar-refractivity contribution in [2.24, 2.45) is 0 Å². The van der Waals surface area contributed by atoms with Gasteiger partial charge >= 0.3 is 0 Å². The zero-order chi connectivity index (χ0) is 18.5. The molecule has 2 heterocycles. The number of methoxy groups -OCH3 is 2. The van der Waals surface area contributed by atoms with Crippen LogP contribution in [-0.2, 0) is 4.79 Å². The summed E-state index contributed by atoms with van der Waals surface area (Å²) in [7, 11) is 3.12. The highest BCUT2D eigenvalue weighted by molar-refractivity contribution is 8.00. The minimum atomic E-state index is -0.351. The second-order valence-electron chi connectivity index (χ2n) is 5.38. The number of benzene rings is 1. The molecule has 26 heavy (non-hydrogen) atoms. The fourth-order valence-corrected chi connectivity index (χ4v) is 3.23. The van der Waals surface area contributed by atoms with Gasteiger partial charge in [-0.15, -0.1) is 0 Å². The van der Waals surface area contributed by atoms with E-state index in [9.17, 15) is 4.79 Å². The van der Waals surface area contributed by atoms with Crippen LogP contribution in [0.15, 0.2) is 46.2 Å². The van der Waals surface area contributed by atoms with Gasteiger partial charge in [-0.1, -0.05) is 18.7 Å². The molecule has 0 unspecified atom stereocenters. The Labute approximate surface area is 155 Å². The smallest absolute Gasteiger partial charge is 0.259 e. The molecule has 0 aliphatic heterocycles. The number of hydrogen-bond donors (Lipinski definition) is 1. The quantitative estimate of drug-likeness (QED) is 0.631. The van der Waals surface area contributed by atoms with Crippen LogP contribution >= 0.6 is 11.8 Å². The molecule has 1 atom stereocenters. The number of oxazole rings is 1. The van der Waals surface area contributed by atoms with Crippen molar-refractivity contribution in [1.29, 1.82) is 0 Å². The summed E-state index contributed by atoms with van der Waals surface area (Å²) in [5.41, 5.74) is 1.77. The van der Waals surface area contributed by atoms with Gasteiger partial charge in [0.1, 0.15) is 0 Å². The highest BCUT2D eigenvalue weighted by atomic mass is 32.2. The number of pyridine rings is 1. The number of thioether (sulfide) groups is 1. The van der Waals surface area contributed by atoms with Gasteiger partial charge in [0, 0.05) is 18.0 Å². The first-order chi connectivity index (χ1) is 12.6. The Bertz CT molecular complexity index is 879. The van der Waals surface area contributed by atoms with Gasteiger partial charge in [0.2, 0.25) is 5.91 Å². The molecule has 0 bridgehead atoms. The maximum Gasteiger partial charge on any atom is 0.259 e. The van der Waals surface area contributed by atoms with Crippen molar-refractivity contribution in [3.05, 3.63) is 36.5 Å². The fraction of sp³-hybridized carbons (Fsp3) is 0.278. The number of carbonyl (C=O) groups excluding carboxylic acids is 1. The van der Waals surface area contributed by atoms with E-state index < -0.39 is 0 Å². The number of rotatable bonds is 7. The van der Waals surface area contributed by atoms with E-state index in [0.29, 0.717) is 40.1 Å². The average molecular weight is 373 g/mol. The maximum atomic E-state index is 12.6. The molecule has 0 saturated heterocycles. The van der Waals surface area contributed by atoms with Crippen molar-refractivity contribution in [3.63, 3.8) is 0 Å². The first-order valence-corrected chi connectivity index (χ1v) is 8.93. The van der Waals surface area contributed by atoms with Gasteiger partial charge in [0.25, 0.3) is 5.22 Å². The van der Waals surface area contributed by atoms with Gasteiger partial charge in [0.15, 0.2) is 22.7 Å². The van der Waals surface area contributed by atoms with Crippen LogP contribution in [0, 0.1) is 0 Å². The van der Waals surface area contributed by atoms with Gasteiger partial charge < -0.3 is 19.2 Å². The molecule has 1 N–H and O–H groups in total. The zero-order valence-corrected chi connectivity index (χ0v) is 15.5. The summed E-state index contributed by atoms with van der Waals surface area (Å²) >= 11 is 1.27. The molecule has 0 fully saturated rings. The summed E-state index contributed by atoms with van der Waals surface area (Å²) in [5.74, 6) is 1.02. The Balaban J connectivity index is 1.72. The lowest BCUT2D eigenvalue weighted by molar-refractivity contribution is -0.115. The lowest BCUT2D eigenvalue weighted by Gasteiger charge is -2.14. The molecular weight excluding hydrogens is 354 g/mol. The highest BCUT2D eigenvalue weighted by Gasteiger charge is 2.22. The third-order valence-electron chi connectivity index (χ3n) is 3.70. The predicted molar refractivity (Wildman–Crippen MR) is 99.9 cm³/mol. The number of nitrogens with one attached hydrogen (secondary N) is 1. The highest BCUT2D eigenvalue weighted by Crippen LogP contribution is 2.31. The Kier molecular flexibility index (Phi) is 5.62. The molecule has 1 aromatic carbocycles. The monoisotopic (exact) mass is 373 g/mol. The molecule has 0 radical (unpaired) electrons. The Morgan fingerprint density at radius 3 is 2.77 bits per heavy atom. The molecule has 0 aliphatic carbocycles. The second-order valence-corrected chi connectivity index (χ2v) is 6.53. The normalized spacial score (nSPS) is 12.0. The summed E-state index contributed by atoms with van der Waals surface area (Å²) in [6, 6.07) is 8.81. The molecule has 136 valence electrons. The van der Waals surface area contributed by atoms with Crippen molar-refractivity contribution >= 4 is 34.6 Å². The zero-order valence-electron chi connectivity index (χ0n) is 14.7. The summed E-state index contributed by atoms with van der Waals surface area (Å²) < 4.78 is 16.1. The molecule has 7 nitrogen and oxygen atoms in total. The SMILES string of the molecule is CC[C@H](Sc1nc2ncccc2o1)C(=O)Nc1ccc(OC)c(OC)c1. The van der Waals surface area contributed by atoms with Crippen LogP contribution in [0.25, 0.3) is 11.2 Å². The largest absolute Gasteiger partial charge is 0.493 e. The Hall–Kier alpha value is -2.74. The lowest BCUT2D eigenvalue weighted by Crippen LogP contribution is -2.24. The van der Waals surface area contributed by atoms with E-state index in [1.54, 1.807) is 50.7 Å². The van der Waals surface area contributed by atoms with Crippen LogP contribution in [0.3, 0.4) is 0 Å². The third-order valence-corrected chi connectivity index (χ3v) is 4.91. The Morgan fingerprint density at radius 1 is 1.27 bits per heavy atom. The Morgan fingerprint density at radius 2 is 2.08 bits per heavy atom. The number of aromatic nitrogens is 2. The lowest BCUT2D eigenvalue weighted by atomic mass is 10.2. The van der Waals surface area contributed by atoms with Crippen LogP contribution < -0.4 is 14.8 Å². The van der Waals surface area contributed by atoms with E-state index >= 15 is 0 Å². The number of ether oxygens (including phenoxy) is 2. The van der Waals surface area contributed by atoms with Crippen LogP contribution in [0.1, 0.15) is 13.3 Å². The minimum absolute atomic E-state index is 0.139. The predicted octanol–water partition coefficient (Wildman–Crippen LogP) is 3.75. The number of fused-ring (bicyclic) bond motifs is 1. The van der Waals surface area contributed by atoms with Crippen LogP contribution in [0.4, 0.5) is 5.69 Å². The van der Waals surface area contributed by atoms with Crippen molar-refractivity contribution in [2.45, 2.75) is 23.8 Å². The van der Waals surface area contributed by atoms with Crippen molar-refractivity contribution in [2.75, 3.05) is 19.5 Å². The van der Waals surface area contributed by atoms with E-state index in [2.05, 4.69) is 15.3 Å². The summed E-state index contributed by atoms with van der Waals surface area (Å²) in [6.07, 6.45) is 2.27. The third kappa shape index (κ3) is 3.91. The van der Waals surface area contributed by atoms with Gasteiger partial charge in [-0.2, -0.15) is 4.98 Å². The van der Waals surface area contributed by atoms with Crippen LogP contribution in [0.2, 0.25) is 0 Å². The topological polar surface area (TPSA) is 86.5 Å².